The molecule has 0 atom stereocenters. The van der Waals surface area contributed by atoms with Crippen molar-refractivity contribution < 1.29 is 13.9 Å². The topological polar surface area (TPSA) is 26.3 Å². The second-order valence-electron chi connectivity index (χ2n) is 6.52. The van der Waals surface area contributed by atoms with Gasteiger partial charge >= 0.3 is 5.97 Å². The van der Waals surface area contributed by atoms with E-state index in [1.54, 1.807) is 0 Å². The first-order valence-corrected chi connectivity index (χ1v) is 6.91. The summed E-state index contributed by atoms with van der Waals surface area (Å²) in [7, 11) is 0. The van der Waals surface area contributed by atoms with Gasteiger partial charge in [-0.25, -0.2) is 9.18 Å². The molecule has 0 amide bonds. The predicted octanol–water partition coefficient (Wildman–Crippen LogP) is 3.11. The summed E-state index contributed by atoms with van der Waals surface area (Å²) >= 11 is 0. The zero-order valence-corrected chi connectivity index (χ0v) is 10.3. The van der Waals surface area contributed by atoms with Crippen LogP contribution in [-0.4, -0.2) is 19.3 Å². The molecule has 0 aromatic heterocycles. The summed E-state index contributed by atoms with van der Waals surface area (Å²) in [6, 6.07) is 0. The van der Waals surface area contributed by atoms with E-state index in [-0.39, 0.29) is 0 Å². The van der Waals surface area contributed by atoms with Gasteiger partial charge in [-0.2, -0.15) is 0 Å². The van der Waals surface area contributed by atoms with Crippen molar-refractivity contribution in [2.45, 2.75) is 44.9 Å². The van der Waals surface area contributed by atoms with Crippen LogP contribution in [0.25, 0.3) is 0 Å². The Labute approximate surface area is 102 Å². The van der Waals surface area contributed by atoms with Crippen molar-refractivity contribution in [3.05, 3.63) is 0 Å². The van der Waals surface area contributed by atoms with E-state index < -0.39 is 12.6 Å². The van der Waals surface area contributed by atoms with Gasteiger partial charge < -0.3 is 4.74 Å². The lowest BCUT2D eigenvalue weighted by Gasteiger charge is -2.57. The molecule has 96 valence electrons. The Hall–Kier alpha value is -0.600. The average molecular weight is 240 g/mol. The number of ether oxygens (including phenoxy) is 1. The van der Waals surface area contributed by atoms with E-state index in [2.05, 4.69) is 0 Å². The second kappa shape index (κ2) is 4.25. The molecule has 0 unspecified atom stereocenters. The van der Waals surface area contributed by atoms with Crippen molar-refractivity contribution >= 4 is 5.97 Å². The molecule has 0 saturated heterocycles. The Kier molecular flexibility index (Phi) is 2.87. The normalized spacial score (nSPS) is 42.8. The zero-order chi connectivity index (χ0) is 11.9. The van der Waals surface area contributed by atoms with Crippen LogP contribution in [0.4, 0.5) is 4.39 Å². The zero-order valence-electron chi connectivity index (χ0n) is 10.3. The van der Waals surface area contributed by atoms with Crippen molar-refractivity contribution in [3.8, 4) is 0 Å². The summed E-state index contributed by atoms with van der Waals surface area (Å²) in [4.78, 5) is 10.8. The first-order chi connectivity index (χ1) is 8.19. The maximum Gasteiger partial charge on any atom is 0.337 e. The number of carbonyl (C=O) groups excluding carboxylic acids is 1. The number of carbonyl (C=O) groups is 1. The third-order valence-electron chi connectivity index (χ3n) is 5.17. The van der Waals surface area contributed by atoms with E-state index in [0.29, 0.717) is 12.0 Å². The van der Waals surface area contributed by atoms with Crippen LogP contribution in [0, 0.1) is 23.2 Å². The Morgan fingerprint density at radius 1 is 1.12 bits per heavy atom. The molecule has 0 radical (unpaired) electrons. The second-order valence-corrected chi connectivity index (χ2v) is 6.52. The molecule has 4 rings (SSSR count). The van der Waals surface area contributed by atoms with Gasteiger partial charge in [0.15, 0.2) is 6.67 Å². The fourth-order valence-electron chi connectivity index (χ4n) is 5.02. The fraction of sp³-hybridized carbons (Fsp3) is 0.929. The molecule has 3 heteroatoms. The van der Waals surface area contributed by atoms with Crippen LogP contribution in [0.3, 0.4) is 0 Å². The molecule has 0 heterocycles. The number of hydrogen-bond acceptors (Lipinski definition) is 2. The van der Waals surface area contributed by atoms with E-state index in [9.17, 15) is 9.18 Å². The summed E-state index contributed by atoms with van der Waals surface area (Å²) < 4.78 is 16.9. The van der Waals surface area contributed by atoms with Crippen molar-refractivity contribution in [1.82, 2.24) is 0 Å². The summed E-state index contributed by atoms with van der Waals surface area (Å²) in [5, 5.41) is 0. The van der Waals surface area contributed by atoms with Gasteiger partial charge in [-0.3, -0.25) is 0 Å². The smallest absolute Gasteiger partial charge is 0.337 e. The van der Waals surface area contributed by atoms with Crippen LogP contribution >= 0.6 is 0 Å². The van der Waals surface area contributed by atoms with Crippen LogP contribution in [0.1, 0.15) is 44.9 Å². The Morgan fingerprint density at radius 2 is 1.65 bits per heavy atom. The van der Waals surface area contributed by atoms with E-state index in [4.69, 9.17) is 4.74 Å². The van der Waals surface area contributed by atoms with Crippen LogP contribution in [-0.2, 0) is 9.53 Å². The molecule has 0 N–H and O–H groups in total. The van der Waals surface area contributed by atoms with Gasteiger partial charge in [0.2, 0.25) is 0 Å². The van der Waals surface area contributed by atoms with Gasteiger partial charge in [-0.05, 0) is 68.1 Å². The molecule has 0 aromatic carbocycles. The Bertz CT molecular complexity index is 278. The van der Waals surface area contributed by atoms with Crippen molar-refractivity contribution in [3.63, 3.8) is 0 Å². The maximum atomic E-state index is 12.0. The minimum atomic E-state index is -0.985. The van der Waals surface area contributed by atoms with E-state index >= 15 is 0 Å². The highest BCUT2D eigenvalue weighted by atomic mass is 19.1. The Morgan fingerprint density at radius 3 is 2.12 bits per heavy atom. The lowest BCUT2D eigenvalue weighted by atomic mass is 9.49. The van der Waals surface area contributed by atoms with Gasteiger partial charge in [0.1, 0.15) is 0 Å². The number of alkyl halides is 1. The van der Waals surface area contributed by atoms with Crippen LogP contribution < -0.4 is 0 Å². The average Bonchev–Trinajstić information content (AvgIpc) is 2.26. The molecule has 4 aliphatic carbocycles. The standard InChI is InChI=1S/C14H21FO2/c15-9-13(16)17-2-1-14-6-10-3-11(7-14)5-12(4-10)8-14/h10-12H,1-9H2. The molecule has 4 bridgehead atoms. The molecule has 2 nitrogen and oxygen atoms in total. The highest BCUT2D eigenvalue weighted by Gasteiger charge is 2.50. The molecule has 0 aromatic rings. The number of esters is 1. The lowest BCUT2D eigenvalue weighted by Crippen LogP contribution is -2.46. The van der Waals surface area contributed by atoms with E-state index in [1.807, 2.05) is 0 Å². The van der Waals surface area contributed by atoms with Gasteiger partial charge in [0.25, 0.3) is 0 Å². The summed E-state index contributed by atoms with van der Waals surface area (Å²) in [5.41, 5.74) is 0.436. The molecular formula is C14H21FO2. The maximum absolute atomic E-state index is 12.0. The highest BCUT2D eigenvalue weighted by molar-refractivity contribution is 5.70. The lowest BCUT2D eigenvalue weighted by molar-refractivity contribution is -0.147. The monoisotopic (exact) mass is 240 g/mol. The number of rotatable bonds is 4. The van der Waals surface area contributed by atoms with Gasteiger partial charge in [0.05, 0.1) is 6.61 Å². The third-order valence-corrected chi connectivity index (χ3v) is 5.17. The van der Waals surface area contributed by atoms with E-state index in [0.717, 1.165) is 24.2 Å². The summed E-state index contributed by atoms with van der Waals surface area (Å²) in [6.45, 7) is -0.560. The number of hydrogen-bond donors (Lipinski definition) is 0. The van der Waals surface area contributed by atoms with Crippen LogP contribution in [0.2, 0.25) is 0 Å². The van der Waals surface area contributed by atoms with Gasteiger partial charge in [0, 0.05) is 0 Å². The van der Waals surface area contributed by atoms with Crippen molar-refractivity contribution in [1.29, 1.82) is 0 Å². The predicted molar refractivity (Wildman–Crippen MR) is 62.2 cm³/mol. The number of halogens is 1. The minimum absolute atomic E-state index is 0.426. The summed E-state index contributed by atoms with van der Waals surface area (Å²) in [5.74, 6) is 2.09. The molecule has 0 spiro atoms. The fourth-order valence-corrected chi connectivity index (χ4v) is 5.02. The summed E-state index contributed by atoms with van der Waals surface area (Å²) in [6.07, 6.45) is 9.24. The van der Waals surface area contributed by atoms with E-state index in [1.165, 1.54) is 38.5 Å². The molecule has 0 aliphatic heterocycles. The van der Waals surface area contributed by atoms with Gasteiger partial charge in [-0.15, -0.1) is 0 Å². The van der Waals surface area contributed by atoms with Crippen LogP contribution in [0.5, 0.6) is 0 Å². The first-order valence-electron chi connectivity index (χ1n) is 6.91. The molecule has 4 fully saturated rings. The quantitative estimate of drug-likeness (QED) is 0.706. The third kappa shape index (κ3) is 2.21. The highest BCUT2D eigenvalue weighted by Crippen LogP contribution is 2.61. The minimum Gasteiger partial charge on any atom is -0.464 e. The molecular weight excluding hydrogens is 219 g/mol. The van der Waals surface area contributed by atoms with Crippen molar-refractivity contribution in [2.24, 2.45) is 23.2 Å². The molecule has 4 saturated carbocycles. The first kappa shape index (κ1) is 11.5. The van der Waals surface area contributed by atoms with Gasteiger partial charge in [-0.1, -0.05) is 0 Å². The largest absolute Gasteiger partial charge is 0.464 e. The molecule has 4 aliphatic rings. The molecule has 17 heavy (non-hydrogen) atoms. The SMILES string of the molecule is O=C(CF)OCCC12CC3CC(CC(C3)C1)C2. The van der Waals surface area contributed by atoms with Crippen LogP contribution in [0.15, 0.2) is 0 Å². The Balaban J connectivity index is 1.57. The van der Waals surface area contributed by atoms with Crippen molar-refractivity contribution in [2.75, 3.05) is 13.3 Å².